The van der Waals surface area contributed by atoms with Crippen molar-refractivity contribution in [3.05, 3.63) is 96.1 Å². The number of carbonyl (C=O) groups is 2. The Morgan fingerprint density at radius 3 is 2.51 bits per heavy atom. The fourth-order valence-corrected chi connectivity index (χ4v) is 4.63. The van der Waals surface area contributed by atoms with E-state index in [9.17, 15) is 22.8 Å². The maximum atomic E-state index is 13.0. The van der Waals surface area contributed by atoms with Gasteiger partial charge in [0.15, 0.2) is 5.78 Å². The minimum Gasteiger partial charge on any atom is -0.339 e. The van der Waals surface area contributed by atoms with Gasteiger partial charge >= 0.3 is 12.1 Å². The number of benzene rings is 3. The van der Waals surface area contributed by atoms with Crippen LogP contribution < -0.4 is 0 Å². The van der Waals surface area contributed by atoms with Crippen LogP contribution in [0.5, 0.6) is 0 Å². The van der Waals surface area contributed by atoms with E-state index in [4.69, 9.17) is 0 Å². The van der Waals surface area contributed by atoms with E-state index in [1.54, 1.807) is 48.5 Å². The molecule has 1 atom stereocenters. The summed E-state index contributed by atoms with van der Waals surface area (Å²) in [5.74, 6) is -2.83. The molecule has 1 aromatic heterocycles. The number of aromatic nitrogens is 1. The molecule has 0 saturated carbocycles. The van der Waals surface area contributed by atoms with Crippen molar-refractivity contribution in [1.82, 2.24) is 4.57 Å². The molecule has 2 heterocycles. The molecule has 35 heavy (non-hydrogen) atoms. The van der Waals surface area contributed by atoms with Gasteiger partial charge in [0.2, 0.25) is 0 Å². The van der Waals surface area contributed by atoms with Crippen LogP contribution in [0.4, 0.5) is 13.2 Å². The van der Waals surface area contributed by atoms with Crippen LogP contribution in [0, 0.1) is 5.92 Å². The molecule has 0 aliphatic carbocycles. The summed E-state index contributed by atoms with van der Waals surface area (Å²) < 4.78 is 40.1. The van der Waals surface area contributed by atoms with E-state index in [0.717, 1.165) is 21.8 Å². The third kappa shape index (κ3) is 3.90. The lowest BCUT2D eigenvalue weighted by atomic mass is 9.89. The number of nitrogens with zero attached hydrogens (tertiary/aromatic N) is 2. The largest absolute Gasteiger partial charge is 0.493 e. The first-order valence-corrected chi connectivity index (χ1v) is 10.9. The first kappa shape index (κ1) is 22.6. The zero-order valence-electron chi connectivity index (χ0n) is 18.4. The number of fused-ring (bicyclic) bond motifs is 3. The Kier molecular flexibility index (Phi) is 5.51. The summed E-state index contributed by atoms with van der Waals surface area (Å²) in [5, 5.41) is 5.33. The average Bonchev–Trinajstić information content (AvgIpc) is 3.17. The van der Waals surface area contributed by atoms with Gasteiger partial charge in [-0.05, 0) is 24.6 Å². The SMILES string of the molecule is C=CCC1Cn2c3ccc(C(=O)c4ccccc4)cc3c3cccc(c32)/C1=N/OC(=O)C(F)(F)F. The number of allylic oxidation sites excluding steroid dienone is 1. The highest BCUT2D eigenvalue weighted by atomic mass is 19.4. The van der Waals surface area contributed by atoms with Gasteiger partial charge in [0.25, 0.3) is 0 Å². The van der Waals surface area contributed by atoms with E-state index in [0.29, 0.717) is 29.7 Å². The summed E-state index contributed by atoms with van der Waals surface area (Å²) in [5.41, 5.74) is 3.58. The Morgan fingerprint density at radius 1 is 1.03 bits per heavy atom. The molecule has 1 aliphatic heterocycles. The highest BCUT2D eigenvalue weighted by molar-refractivity contribution is 6.20. The van der Waals surface area contributed by atoms with Gasteiger partial charge in [-0.2, -0.15) is 13.2 Å². The predicted octanol–water partition coefficient (Wildman–Crippen LogP) is 6.04. The molecular weight excluding hydrogens is 457 g/mol. The molecule has 0 saturated heterocycles. The van der Waals surface area contributed by atoms with E-state index < -0.39 is 12.1 Å². The highest BCUT2D eigenvalue weighted by Gasteiger charge is 2.42. The number of oxime groups is 1. The van der Waals surface area contributed by atoms with E-state index in [2.05, 4.69) is 21.1 Å². The second kappa shape index (κ2) is 8.54. The lowest BCUT2D eigenvalue weighted by molar-refractivity contribution is -0.199. The van der Waals surface area contributed by atoms with Crippen LogP contribution in [0.2, 0.25) is 0 Å². The molecule has 1 unspecified atom stereocenters. The second-order valence-corrected chi connectivity index (χ2v) is 8.31. The van der Waals surface area contributed by atoms with Gasteiger partial charge in [-0.1, -0.05) is 59.8 Å². The zero-order valence-corrected chi connectivity index (χ0v) is 18.4. The number of ketones is 1. The molecule has 3 aromatic carbocycles. The average molecular weight is 476 g/mol. The third-order valence-corrected chi connectivity index (χ3v) is 6.16. The summed E-state index contributed by atoms with van der Waals surface area (Å²) in [4.78, 5) is 28.6. The number of hydrogen-bond acceptors (Lipinski definition) is 4. The summed E-state index contributed by atoms with van der Waals surface area (Å²) >= 11 is 0. The van der Waals surface area contributed by atoms with E-state index in [1.165, 1.54) is 0 Å². The van der Waals surface area contributed by atoms with Crippen LogP contribution in [0.3, 0.4) is 0 Å². The van der Waals surface area contributed by atoms with Crippen molar-refractivity contribution in [1.29, 1.82) is 0 Å². The fourth-order valence-electron chi connectivity index (χ4n) is 4.63. The van der Waals surface area contributed by atoms with E-state index in [-0.39, 0.29) is 17.4 Å². The van der Waals surface area contributed by atoms with Gasteiger partial charge in [0.05, 0.1) is 11.2 Å². The molecule has 0 fully saturated rings. The molecule has 4 aromatic rings. The van der Waals surface area contributed by atoms with Crippen molar-refractivity contribution < 1.29 is 27.6 Å². The van der Waals surface area contributed by atoms with Crippen LogP contribution in [-0.2, 0) is 16.2 Å². The van der Waals surface area contributed by atoms with Crippen molar-refractivity contribution in [2.45, 2.75) is 19.1 Å². The van der Waals surface area contributed by atoms with Crippen molar-refractivity contribution >= 4 is 39.3 Å². The summed E-state index contributed by atoms with van der Waals surface area (Å²) in [6.07, 6.45) is -3.07. The maximum Gasteiger partial charge on any atom is 0.493 e. The molecule has 0 bridgehead atoms. The Hall–Kier alpha value is -4.20. The second-order valence-electron chi connectivity index (χ2n) is 8.31. The van der Waals surface area contributed by atoms with Gasteiger partial charge in [-0.15, -0.1) is 6.58 Å². The Morgan fingerprint density at radius 2 is 1.80 bits per heavy atom. The normalized spacial score (nSPS) is 16.5. The summed E-state index contributed by atoms with van der Waals surface area (Å²) in [7, 11) is 0. The molecule has 0 radical (unpaired) electrons. The number of para-hydroxylation sites is 1. The Bertz CT molecular complexity index is 1520. The maximum absolute atomic E-state index is 13.0. The standard InChI is InChI=1S/C27H19F3N2O3/c1-2-7-18-15-32-22-13-12-17(25(33)16-8-4-3-5-9-16)14-21(22)19-10-6-11-20(24(19)32)23(18)31-35-26(34)27(28,29)30/h2-6,8-14,18H,1,7,15H2/b31-23+. The van der Waals surface area contributed by atoms with Crippen molar-refractivity contribution in [2.75, 3.05) is 0 Å². The van der Waals surface area contributed by atoms with Gasteiger partial charge in [-0.25, -0.2) is 4.79 Å². The minimum atomic E-state index is -5.14. The van der Waals surface area contributed by atoms with Crippen LogP contribution >= 0.6 is 0 Å². The molecule has 0 spiro atoms. The van der Waals surface area contributed by atoms with Gasteiger partial charge in [0, 0.05) is 45.4 Å². The van der Waals surface area contributed by atoms with E-state index >= 15 is 0 Å². The van der Waals surface area contributed by atoms with Crippen molar-refractivity contribution in [3.8, 4) is 0 Å². The van der Waals surface area contributed by atoms with E-state index in [1.807, 2.05) is 24.3 Å². The van der Waals surface area contributed by atoms with Crippen LogP contribution in [0.1, 0.15) is 27.9 Å². The van der Waals surface area contributed by atoms with Crippen LogP contribution in [0.15, 0.2) is 84.5 Å². The number of carbonyl (C=O) groups excluding carboxylic acids is 2. The first-order valence-electron chi connectivity index (χ1n) is 10.9. The lowest BCUT2D eigenvalue weighted by Crippen LogP contribution is -2.29. The lowest BCUT2D eigenvalue weighted by Gasteiger charge is -2.26. The zero-order chi connectivity index (χ0) is 24.7. The fraction of sp³-hybridized carbons (Fsp3) is 0.148. The van der Waals surface area contributed by atoms with Crippen molar-refractivity contribution in [3.63, 3.8) is 0 Å². The highest BCUT2D eigenvalue weighted by Crippen LogP contribution is 2.38. The molecule has 5 nitrogen and oxygen atoms in total. The summed E-state index contributed by atoms with van der Waals surface area (Å²) in [6.45, 7) is 4.15. The Balaban J connectivity index is 1.66. The van der Waals surface area contributed by atoms with Gasteiger partial charge in [-0.3, -0.25) is 4.79 Å². The van der Waals surface area contributed by atoms with Crippen LogP contribution in [0.25, 0.3) is 21.8 Å². The minimum absolute atomic E-state index is 0.106. The monoisotopic (exact) mass is 476 g/mol. The smallest absolute Gasteiger partial charge is 0.339 e. The molecule has 0 amide bonds. The molecular formula is C27H19F3N2O3. The summed E-state index contributed by atoms with van der Waals surface area (Å²) in [6, 6.07) is 19.9. The third-order valence-electron chi connectivity index (χ3n) is 6.16. The molecule has 176 valence electrons. The van der Waals surface area contributed by atoms with Gasteiger partial charge in [0.1, 0.15) is 0 Å². The number of hydrogen-bond donors (Lipinski definition) is 0. The predicted molar refractivity (Wildman–Crippen MR) is 126 cm³/mol. The molecule has 5 rings (SSSR count). The van der Waals surface area contributed by atoms with Gasteiger partial charge < -0.3 is 9.40 Å². The number of alkyl halides is 3. The van der Waals surface area contributed by atoms with Crippen molar-refractivity contribution in [2.24, 2.45) is 11.1 Å². The number of halogens is 3. The number of rotatable bonds is 5. The van der Waals surface area contributed by atoms with Crippen LogP contribution in [-0.4, -0.2) is 28.2 Å². The molecule has 0 N–H and O–H groups in total. The topological polar surface area (TPSA) is 60.7 Å². The molecule has 8 heteroatoms. The quantitative estimate of drug-likeness (QED) is 0.153. The first-order chi connectivity index (χ1) is 16.8. The Labute approximate surface area is 198 Å². The molecule has 1 aliphatic rings.